The van der Waals surface area contributed by atoms with E-state index in [2.05, 4.69) is 15.2 Å². The Morgan fingerprint density at radius 1 is 1.05 bits per heavy atom. The van der Waals surface area contributed by atoms with Gasteiger partial charge in [0.05, 0.1) is 0 Å². The van der Waals surface area contributed by atoms with Gasteiger partial charge in [0, 0.05) is 12.6 Å². The van der Waals surface area contributed by atoms with Crippen LogP contribution in [0, 0.1) is 11.3 Å². The molecule has 0 aliphatic heterocycles. The Labute approximate surface area is 126 Å². The molecule has 0 radical (unpaired) electrons. The van der Waals surface area contributed by atoms with Crippen LogP contribution in [0.15, 0.2) is 58.7 Å². The summed E-state index contributed by atoms with van der Waals surface area (Å²) in [6.07, 6.45) is 0. The van der Waals surface area contributed by atoms with Gasteiger partial charge in [0.25, 0.3) is 0 Å². The molecule has 0 saturated heterocycles. The minimum absolute atomic E-state index is 0.394. The Bertz CT molecular complexity index is 804. The lowest BCUT2D eigenvalue weighted by molar-refractivity contribution is 0.792. The summed E-state index contributed by atoms with van der Waals surface area (Å²) in [4.78, 5) is 4.23. The average molecular weight is 293 g/mol. The van der Waals surface area contributed by atoms with Crippen molar-refractivity contribution in [3.8, 4) is 17.5 Å². The maximum Gasteiger partial charge on any atom is 0.197 e. The van der Waals surface area contributed by atoms with Crippen LogP contribution in [0.2, 0.25) is 0 Å². The number of aromatic nitrogens is 4. The number of nitriles is 1. The Hall–Kier alpha value is -2.65. The summed E-state index contributed by atoms with van der Waals surface area (Å²) in [7, 11) is 1.92. The van der Waals surface area contributed by atoms with Gasteiger partial charge in [-0.25, -0.2) is 4.98 Å². The molecule has 6 heteroatoms. The summed E-state index contributed by atoms with van der Waals surface area (Å²) in [6, 6.07) is 17.3. The average Bonchev–Trinajstić information content (AvgIpc) is 2.89. The van der Waals surface area contributed by atoms with Crippen molar-refractivity contribution in [1.82, 2.24) is 19.7 Å². The number of hydrogen-bond acceptors (Lipinski definition) is 5. The van der Waals surface area contributed by atoms with Crippen LogP contribution in [0.1, 0.15) is 5.69 Å². The molecule has 0 fully saturated rings. The van der Waals surface area contributed by atoms with Crippen molar-refractivity contribution in [3.05, 3.63) is 54.2 Å². The zero-order valence-corrected chi connectivity index (χ0v) is 12.1. The van der Waals surface area contributed by atoms with Crippen molar-refractivity contribution in [2.24, 2.45) is 7.05 Å². The van der Waals surface area contributed by atoms with Gasteiger partial charge in [-0.05, 0) is 23.9 Å². The smallest absolute Gasteiger partial charge is 0.197 e. The van der Waals surface area contributed by atoms with E-state index in [1.807, 2.05) is 60.1 Å². The normalized spacial score (nSPS) is 10.3. The SMILES string of the molecule is Cn1c(Sc2cccc(C#N)n2)nnc1-c1ccccc1. The lowest BCUT2D eigenvalue weighted by Gasteiger charge is -2.03. The van der Waals surface area contributed by atoms with E-state index in [-0.39, 0.29) is 0 Å². The third-order valence-corrected chi connectivity index (χ3v) is 3.88. The molecule has 0 saturated carbocycles. The van der Waals surface area contributed by atoms with Gasteiger partial charge in [-0.1, -0.05) is 36.4 Å². The maximum atomic E-state index is 8.88. The van der Waals surface area contributed by atoms with E-state index in [4.69, 9.17) is 5.26 Å². The van der Waals surface area contributed by atoms with Gasteiger partial charge < -0.3 is 4.57 Å². The first-order chi connectivity index (χ1) is 10.3. The molecule has 5 nitrogen and oxygen atoms in total. The molecule has 2 aromatic heterocycles. The molecule has 21 heavy (non-hydrogen) atoms. The summed E-state index contributed by atoms with van der Waals surface area (Å²) >= 11 is 1.39. The second kappa shape index (κ2) is 5.77. The maximum absolute atomic E-state index is 8.88. The van der Waals surface area contributed by atoms with Crippen LogP contribution in [0.4, 0.5) is 0 Å². The van der Waals surface area contributed by atoms with E-state index in [9.17, 15) is 0 Å². The van der Waals surface area contributed by atoms with Crippen LogP contribution in [-0.4, -0.2) is 19.7 Å². The Kier molecular flexibility index (Phi) is 3.67. The van der Waals surface area contributed by atoms with E-state index in [1.165, 1.54) is 11.8 Å². The highest BCUT2D eigenvalue weighted by Crippen LogP contribution is 2.27. The molecule has 0 bridgehead atoms. The number of pyridine rings is 1. The van der Waals surface area contributed by atoms with Gasteiger partial charge in [0.1, 0.15) is 16.8 Å². The zero-order chi connectivity index (χ0) is 14.7. The number of hydrogen-bond donors (Lipinski definition) is 0. The largest absolute Gasteiger partial charge is 0.305 e. The standard InChI is InChI=1S/C15H11N5S/c1-20-14(11-6-3-2-4-7-11)18-19-15(20)21-13-9-5-8-12(10-16)17-13/h2-9H,1H3. The molecule has 0 spiro atoms. The van der Waals surface area contributed by atoms with Gasteiger partial charge in [-0.15, -0.1) is 10.2 Å². The highest BCUT2D eigenvalue weighted by molar-refractivity contribution is 7.99. The highest BCUT2D eigenvalue weighted by Gasteiger charge is 2.12. The van der Waals surface area contributed by atoms with Gasteiger partial charge in [-0.2, -0.15) is 5.26 Å². The summed E-state index contributed by atoms with van der Waals surface area (Å²) in [5.41, 5.74) is 1.41. The quantitative estimate of drug-likeness (QED) is 0.742. The van der Waals surface area contributed by atoms with E-state index >= 15 is 0 Å². The lowest BCUT2D eigenvalue weighted by atomic mass is 10.2. The van der Waals surface area contributed by atoms with E-state index in [0.717, 1.165) is 21.6 Å². The fraction of sp³-hybridized carbons (Fsp3) is 0.0667. The summed E-state index contributed by atoms with van der Waals surface area (Å²) in [5.74, 6) is 0.800. The van der Waals surface area contributed by atoms with Gasteiger partial charge >= 0.3 is 0 Å². The molecule has 0 aliphatic carbocycles. The topological polar surface area (TPSA) is 67.4 Å². The van der Waals surface area contributed by atoms with Crippen LogP contribution < -0.4 is 0 Å². The second-order valence-corrected chi connectivity index (χ2v) is 5.29. The highest BCUT2D eigenvalue weighted by atomic mass is 32.2. The molecule has 2 heterocycles. The number of benzene rings is 1. The second-order valence-electron chi connectivity index (χ2n) is 4.31. The minimum Gasteiger partial charge on any atom is -0.305 e. The summed E-state index contributed by atoms with van der Waals surface area (Å²) < 4.78 is 1.92. The molecule has 102 valence electrons. The molecular weight excluding hydrogens is 282 g/mol. The van der Waals surface area contributed by atoms with Gasteiger partial charge in [-0.3, -0.25) is 0 Å². The minimum atomic E-state index is 0.394. The van der Waals surface area contributed by atoms with Crippen LogP contribution >= 0.6 is 11.8 Å². The fourth-order valence-corrected chi connectivity index (χ4v) is 2.65. The van der Waals surface area contributed by atoms with Crippen LogP contribution in [0.25, 0.3) is 11.4 Å². The van der Waals surface area contributed by atoms with Crippen molar-refractivity contribution in [3.63, 3.8) is 0 Å². The monoisotopic (exact) mass is 293 g/mol. The fourth-order valence-electron chi connectivity index (χ4n) is 1.87. The third-order valence-electron chi connectivity index (χ3n) is 2.90. The molecule has 0 aliphatic rings. The molecule has 3 aromatic rings. The van der Waals surface area contributed by atoms with Gasteiger partial charge in [0.2, 0.25) is 0 Å². The molecule has 0 atom stereocenters. The predicted octanol–water partition coefficient (Wildman–Crippen LogP) is 2.90. The summed E-state index contributed by atoms with van der Waals surface area (Å²) in [6.45, 7) is 0. The Morgan fingerprint density at radius 3 is 2.62 bits per heavy atom. The molecule has 1 aromatic carbocycles. The predicted molar refractivity (Wildman–Crippen MR) is 79.5 cm³/mol. The molecule has 0 N–H and O–H groups in total. The lowest BCUT2D eigenvalue weighted by Crippen LogP contribution is -1.95. The van der Waals surface area contributed by atoms with Crippen LogP contribution in [0.5, 0.6) is 0 Å². The first-order valence-corrected chi connectivity index (χ1v) is 7.09. The Morgan fingerprint density at radius 2 is 1.86 bits per heavy atom. The van der Waals surface area contributed by atoms with Crippen molar-refractivity contribution in [2.75, 3.05) is 0 Å². The van der Waals surface area contributed by atoms with Crippen LogP contribution in [0.3, 0.4) is 0 Å². The van der Waals surface area contributed by atoms with E-state index < -0.39 is 0 Å². The van der Waals surface area contributed by atoms with Crippen molar-refractivity contribution in [1.29, 1.82) is 5.26 Å². The third kappa shape index (κ3) is 2.78. The van der Waals surface area contributed by atoms with E-state index in [1.54, 1.807) is 6.07 Å². The van der Waals surface area contributed by atoms with Gasteiger partial charge in [0.15, 0.2) is 11.0 Å². The van der Waals surface area contributed by atoms with Crippen molar-refractivity contribution >= 4 is 11.8 Å². The number of rotatable bonds is 3. The van der Waals surface area contributed by atoms with Crippen LogP contribution in [-0.2, 0) is 7.05 Å². The van der Waals surface area contributed by atoms with E-state index in [0.29, 0.717) is 5.69 Å². The molecule has 0 unspecified atom stereocenters. The number of nitrogens with zero attached hydrogens (tertiary/aromatic N) is 5. The first kappa shape index (κ1) is 13.3. The molecular formula is C15H11N5S. The Balaban J connectivity index is 1.91. The zero-order valence-electron chi connectivity index (χ0n) is 11.3. The summed E-state index contributed by atoms with van der Waals surface area (Å²) in [5, 5.41) is 18.8. The van der Waals surface area contributed by atoms with Crippen molar-refractivity contribution < 1.29 is 0 Å². The molecule has 0 amide bonds. The van der Waals surface area contributed by atoms with Crippen molar-refractivity contribution in [2.45, 2.75) is 10.2 Å². The molecule has 3 rings (SSSR count). The first-order valence-electron chi connectivity index (χ1n) is 6.28.